The summed E-state index contributed by atoms with van der Waals surface area (Å²) < 4.78 is 21.5. The molecule has 2 aromatic heterocycles. The zero-order valence-corrected chi connectivity index (χ0v) is 18.6. The molecular formula is C27H23FN2O4. The number of halogens is 1. The molecule has 1 N–H and O–H groups in total. The second-order valence-corrected chi connectivity index (χ2v) is 8.57. The summed E-state index contributed by atoms with van der Waals surface area (Å²) in [7, 11) is 0. The number of benzene rings is 2. The summed E-state index contributed by atoms with van der Waals surface area (Å²) in [5, 5.41) is 9.76. The molecule has 5 rings (SSSR count). The van der Waals surface area contributed by atoms with E-state index in [0.29, 0.717) is 34.8 Å². The molecule has 0 spiro atoms. The van der Waals surface area contributed by atoms with Crippen LogP contribution in [-0.4, -0.2) is 26.2 Å². The van der Waals surface area contributed by atoms with E-state index in [1.165, 1.54) is 6.07 Å². The standard InChI is InChI=1S/C27H23FN2O4/c1-16-25(23(31)14-20-19-9-4-2-7-17(19)13-21(20)27(32)33)30-12-6-11-24(26(30)29-16)34-15-18-8-3-5-10-22(18)28/h2-12,20-21H,13-15H2,1H3,(H,32,33)/t20-,21-/m1/s1. The number of ether oxygens (including phenoxy) is 1. The van der Waals surface area contributed by atoms with Gasteiger partial charge in [-0.1, -0.05) is 42.5 Å². The number of aryl methyl sites for hydroxylation is 1. The van der Waals surface area contributed by atoms with Crippen LogP contribution in [0.1, 0.15) is 45.2 Å². The van der Waals surface area contributed by atoms with E-state index in [1.807, 2.05) is 24.3 Å². The summed E-state index contributed by atoms with van der Waals surface area (Å²) in [6.45, 7) is 1.78. The quantitative estimate of drug-likeness (QED) is 0.395. The van der Waals surface area contributed by atoms with Crippen LogP contribution in [0.15, 0.2) is 66.9 Å². The first-order chi connectivity index (χ1) is 16.4. The normalized spacial score (nSPS) is 17.0. The minimum atomic E-state index is -0.896. The molecule has 0 saturated carbocycles. The summed E-state index contributed by atoms with van der Waals surface area (Å²) >= 11 is 0. The third kappa shape index (κ3) is 3.83. The van der Waals surface area contributed by atoms with Gasteiger partial charge in [-0.25, -0.2) is 9.37 Å². The summed E-state index contributed by atoms with van der Waals surface area (Å²) in [4.78, 5) is 29.9. The number of nitrogens with zero attached hydrogens (tertiary/aromatic N) is 2. The van der Waals surface area contributed by atoms with Crippen LogP contribution in [0.25, 0.3) is 5.65 Å². The van der Waals surface area contributed by atoms with Crippen molar-refractivity contribution in [3.05, 3.63) is 101 Å². The van der Waals surface area contributed by atoms with Crippen molar-refractivity contribution in [3.63, 3.8) is 0 Å². The molecule has 0 saturated heterocycles. The molecular weight excluding hydrogens is 435 g/mol. The van der Waals surface area contributed by atoms with Gasteiger partial charge in [0.1, 0.15) is 18.1 Å². The lowest BCUT2D eigenvalue weighted by Gasteiger charge is -2.16. The van der Waals surface area contributed by atoms with Gasteiger partial charge in [-0.2, -0.15) is 0 Å². The predicted molar refractivity (Wildman–Crippen MR) is 124 cm³/mol. The number of hydrogen-bond acceptors (Lipinski definition) is 4. The van der Waals surface area contributed by atoms with Gasteiger partial charge in [0.25, 0.3) is 0 Å². The zero-order valence-electron chi connectivity index (χ0n) is 18.6. The van der Waals surface area contributed by atoms with E-state index in [2.05, 4.69) is 4.98 Å². The van der Waals surface area contributed by atoms with Crippen LogP contribution in [-0.2, 0) is 17.8 Å². The maximum atomic E-state index is 14.0. The molecule has 1 aliphatic carbocycles. The van der Waals surface area contributed by atoms with E-state index < -0.39 is 17.8 Å². The summed E-state index contributed by atoms with van der Waals surface area (Å²) in [6, 6.07) is 17.5. The minimum Gasteiger partial charge on any atom is -0.485 e. The number of carboxylic acids is 1. The summed E-state index contributed by atoms with van der Waals surface area (Å²) in [6.07, 6.45) is 2.22. The highest BCUT2D eigenvalue weighted by Crippen LogP contribution is 2.41. The van der Waals surface area contributed by atoms with Gasteiger partial charge < -0.3 is 9.84 Å². The minimum absolute atomic E-state index is 0.0285. The molecule has 6 nitrogen and oxygen atoms in total. The number of rotatable bonds is 7. The molecule has 2 atom stereocenters. The van der Waals surface area contributed by atoms with Gasteiger partial charge in [0.05, 0.1) is 11.6 Å². The van der Waals surface area contributed by atoms with E-state index in [9.17, 15) is 19.1 Å². The Morgan fingerprint density at radius 3 is 2.68 bits per heavy atom. The Morgan fingerprint density at radius 2 is 1.88 bits per heavy atom. The predicted octanol–water partition coefficient (Wildman–Crippen LogP) is 4.97. The molecule has 0 aliphatic heterocycles. The van der Waals surface area contributed by atoms with Gasteiger partial charge in [0.2, 0.25) is 0 Å². The van der Waals surface area contributed by atoms with Crippen molar-refractivity contribution in [2.75, 3.05) is 0 Å². The molecule has 2 aromatic carbocycles. The number of aliphatic carboxylic acids is 1. The third-order valence-corrected chi connectivity index (χ3v) is 6.50. The van der Waals surface area contributed by atoms with Crippen LogP contribution in [0.3, 0.4) is 0 Å². The van der Waals surface area contributed by atoms with Crippen LogP contribution in [0.5, 0.6) is 5.75 Å². The maximum absolute atomic E-state index is 14.0. The van der Waals surface area contributed by atoms with Crippen LogP contribution in [0.4, 0.5) is 4.39 Å². The molecule has 7 heteroatoms. The Labute approximate surface area is 195 Å². The number of carbonyl (C=O) groups is 2. The SMILES string of the molecule is Cc1nc2c(OCc3ccccc3F)cccn2c1C(=O)C[C@@H]1c2ccccc2C[C@H]1C(=O)O. The number of hydrogen-bond donors (Lipinski definition) is 1. The molecule has 2 heterocycles. The van der Waals surface area contributed by atoms with Gasteiger partial charge in [0.15, 0.2) is 17.2 Å². The lowest BCUT2D eigenvalue weighted by atomic mass is 9.87. The van der Waals surface area contributed by atoms with E-state index in [1.54, 1.807) is 47.9 Å². The maximum Gasteiger partial charge on any atom is 0.307 e. The smallest absolute Gasteiger partial charge is 0.307 e. The fourth-order valence-corrected chi connectivity index (χ4v) is 4.86. The van der Waals surface area contributed by atoms with Crippen molar-refractivity contribution in [3.8, 4) is 5.75 Å². The topological polar surface area (TPSA) is 80.9 Å². The molecule has 0 unspecified atom stereocenters. The van der Waals surface area contributed by atoms with E-state index in [0.717, 1.165) is 11.1 Å². The first-order valence-electron chi connectivity index (χ1n) is 11.1. The van der Waals surface area contributed by atoms with Crippen LogP contribution in [0.2, 0.25) is 0 Å². The lowest BCUT2D eigenvalue weighted by Crippen LogP contribution is -2.21. The number of imidazole rings is 1. The molecule has 34 heavy (non-hydrogen) atoms. The number of carboxylic acid groups (broad SMARTS) is 1. The zero-order chi connectivity index (χ0) is 23.8. The van der Waals surface area contributed by atoms with E-state index in [4.69, 9.17) is 4.74 Å². The van der Waals surface area contributed by atoms with Crippen molar-refractivity contribution in [1.82, 2.24) is 9.38 Å². The van der Waals surface area contributed by atoms with Crippen molar-refractivity contribution < 1.29 is 23.8 Å². The van der Waals surface area contributed by atoms with Crippen molar-refractivity contribution in [2.24, 2.45) is 5.92 Å². The van der Waals surface area contributed by atoms with Crippen molar-refractivity contribution >= 4 is 17.4 Å². The first kappa shape index (κ1) is 21.8. The second kappa shape index (κ2) is 8.74. The Kier molecular flexibility index (Phi) is 5.61. The number of Topliss-reactive ketones (excluding diaryl/α,β-unsaturated/α-hetero) is 1. The molecule has 4 aromatic rings. The molecule has 0 fully saturated rings. The van der Waals surface area contributed by atoms with Crippen molar-refractivity contribution in [1.29, 1.82) is 0 Å². The highest BCUT2D eigenvalue weighted by molar-refractivity contribution is 5.97. The Hall–Kier alpha value is -4.00. The monoisotopic (exact) mass is 458 g/mol. The average Bonchev–Trinajstić information content (AvgIpc) is 3.36. The van der Waals surface area contributed by atoms with Gasteiger partial charge in [-0.15, -0.1) is 0 Å². The van der Waals surface area contributed by atoms with Crippen LogP contribution in [0, 0.1) is 18.7 Å². The molecule has 0 amide bonds. The van der Waals surface area contributed by atoms with Gasteiger partial charge in [0, 0.05) is 24.1 Å². The number of fused-ring (bicyclic) bond motifs is 2. The first-order valence-corrected chi connectivity index (χ1v) is 11.1. The molecule has 172 valence electrons. The van der Waals surface area contributed by atoms with Crippen LogP contribution < -0.4 is 4.74 Å². The summed E-state index contributed by atoms with van der Waals surface area (Å²) in [5.41, 5.74) is 3.71. The average molecular weight is 458 g/mol. The molecule has 0 radical (unpaired) electrons. The molecule has 0 bridgehead atoms. The second-order valence-electron chi connectivity index (χ2n) is 8.57. The largest absolute Gasteiger partial charge is 0.485 e. The number of pyridine rings is 1. The van der Waals surface area contributed by atoms with Crippen LogP contribution >= 0.6 is 0 Å². The third-order valence-electron chi connectivity index (χ3n) is 6.50. The Balaban J connectivity index is 1.44. The van der Waals surface area contributed by atoms with E-state index in [-0.39, 0.29) is 24.6 Å². The van der Waals surface area contributed by atoms with E-state index >= 15 is 0 Å². The number of ketones is 1. The highest BCUT2D eigenvalue weighted by Gasteiger charge is 2.39. The van der Waals surface area contributed by atoms with Gasteiger partial charge in [-0.3, -0.25) is 14.0 Å². The van der Waals surface area contributed by atoms with Crippen molar-refractivity contribution in [2.45, 2.75) is 32.3 Å². The van der Waals surface area contributed by atoms with Gasteiger partial charge >= 0.3 is 5.97 Å². The molecule has 1 aliphatic rings. The number of aromatic nitrogens is 2. The highest BCUT2D eigenvalue weighted by atomic mass is 19.1. The fourth-order valence-electron chi connectivity index (χ4n) is 4.86. The number of carbonyl (C=O) groups excluding carboxylic acids is 1. The Morgan fingerprint density at radius 1 is 1.12 bits per heavy atom. The Bertz CT molecular complexity index is 1410. The lowest BCUT2D eigenvalue weighted by molar-refractivity contribution is -0.142. The summed E-state index contributed by atoms with van der Waals surface area (Å²) in [5.74, 6) is -2.03. The fraction of sp³-hybridized carbons (Fsp3) is 0.222. The van der Waals surface area contributed by atoms with Gasteiger partial charge in [-0.05, 0) is 42.7 Å².